The van der Waals surface area contributed by atoms with Gasteiger partial charge in [-0.25, -0.2) is 9.38 Å². The monoisotopic (exact) mass is 341 g/mol. The molecule has 1 aromatic carbocycles. The standard InChI is InChI=1S/C17H25ClFN3O/c1-2-20-17(21-8-3-9-23-12-13-4-5-13)22-11-14-6-7-16(19)15(18)10-14/h6-7,10,13H,2-5,8-9,11-12H2,1H3,(H2,20,21,22). The van der Waals surface area contributed by atoms with E-state index in [1.807, 2.05) is 6.92 Å². The molecule has 0 aliphatic heterocycles. The lowest BCUT2D eigenvalue weighted by atomic mass is 10.2. The van der Waals surface area contributed by atoms with E-state index in [9.17, 15) is 4.39 Å². The predicted molar refractivity (Wildman–Crippen MR) is 92.4 cm³/mol. The highest BCUT2D eigenvalue weighted by Crippen LogP contribution is 2.28. The van der Waals surface area contributed by atoms with Crippen molar-refractivity contribution in [3.8, 4) is 0 Å². The fourth-order valence-corrected chi connectivity index (χ4v) is 2.27. The third-order valence-electron chi connectivity index (χ3n) is 3.56. The summed E-state index contributed by atoms with van der Waals surface area (Å²) in [6.07, 6.45) is 3.59. The summed E-state index contributed by atoms with van der Waals surface area (Å²) in [5.74, 6) is 1.15. The third-order valence-corrected chi connectivity index (χ3v) is 3.85. The van der Waals surface area contributed by atoms with E-state index in [-0.39, 0.29) is 5.02 Å². The summed E-state index contributed by atoms with van der Waals surface area (Å²) >= 11 is 5.78. The van der Waals surface area contributed by atoms with Gasteiger partial charge in [0.2, 0.25) is 0 Å². The van der Waals surface area contributed by atoms with Gasteiger partial charge in [0.05, 0.1) is 11.6 Å². The molecule has 0 radical (unpaired) electrons. The number of halogens is 2. The number of rotatable bonds is 9. The fraction of sp³-hybridized carbons (Fsp3) is 0.588. The second-order valence-electron chi connectivity index (χ2n) is 5.74. The molecule has 0 aromatic heterocycles. The van der Waals surface area contributed by atoms with Gasteiger partial charge in [0.25, 0.3) is 0 Å². The van der Waals surface area contributed by atoms with Crippen LogP contribution in [0.1, 0.15) is 31.7 Å². The van der Waals surface area contributed by atoms with Gasteiger partial charge < -0.3 is 15.4 Å². The van der Waals surface area contributed by atoms with E-state index in [0.717, 1.165) is 50.2 Å². The molecule has 0 unspecified atom stereocenters. The number of hydrogen-bond donors (Lipinski definition) is 2. The lowest BCUT2D eigenvalue weighted by Crippen LogP contribution is -2.38. The number of benzene rings is 1. The maximum atomic E-state index is 13.1. The van der Waals surface area contributed by atoms with Crippen molar-refractivity contribution in [3.05, 3.63) is 34.6 Å². The minimum absolute atomic E-state index is 0.128. The molecule has 1 aromatic rings. The molecule has 0 atom stereocenters. The zero-order valence-corrected chi connectivity index (χ0v) is 14.3. The van der Waals surface area contributed by atoms with Gasteiger partial charge in [-0.3, -0.25) is 0 Å². The molecule has 6 heteroatoms. The summed E-state index contributed by atoms with van der Waals surface area (Å²) in [5, 5.41) is 6.59. The molecule has 1 saturated carbocycles. The first-order valence-corrected chi connectivity index (χ1v) is 8.60. The smallest absolute Gasteiger partial charge is 0.191 e. The third kappa shape index (κ3) is 7.18. The van der Waals surface area contributed by atoms with Crippen LogP contribution in [-0.4, -0.2) is 32.3 Å². The Morgan fingerprint density at radius 3 is 2.91 bits per heavy atom. The second-order valence-corrected chi connectivity index (χ2v) is 6.15. The molecule has 1 aliphatic carbocycles. The van der Waals surface area contributed by atoms with Gasteiger partial charge in [0.15, 0.2) is 5.96 Å². The van der Waals surface area contributed by atoms with Gasteiger partial charge in [-0.2, -0.15) is 0 Å². The summed E-state index contributed by atoms with van der Waals surface area (Å²) in [7, 11) is 0. The van der Waals surface area contributed by atoms with Crippen LogP contribution < -0.4 is 10.6 Å². The lowest BCUT2D eigenvalue weighted by molar-refractivity contribution is 0.123. The Hall–Kier alpha value is -1.33. The molecule has 2 N–H and O–H groups in total. The van der Waals surface area contributed by atoms with Crippen LogP contribution in [0.15, 0.2) is 23.2 Å². The highest BCUT2D eigenvalue weighted by molar-refractivity contribution is 6.30. The number of aliphatic imine (C=N–C) groups is 1. The summed E-state index contributed by atoms with van der Waals surface area (Å²) in [6.45, 7) is 5.74. The van der Waals surface area contributed by atoms with Crippen LogP contribution in [0.2, 0.25) is 5.02 Å². The Kier molecular flexibility index (Phi) is 7.62. The van der Waals surface area contributed by atoms with E-state index in [4.69, 9.17) is 16.3 Å². The maximum Gasteiger partial charge on any atom is 0.191 e. The molecule has 0 spiro atoms. The van der Waals surface area contributed by atoms with E-state index in [1.165, 1.54) is 18.9 Å². The minimum atomic E-state index is -0.407. The molecule has 128 valence electrons. The molecule has 0 amide bonds. The van der Waals surface area contributed by atoms with Crippen molar-refractivity contribution in [2.24, 2.45) is 10.9 Å². The number of hydrogen-bond acceptors (Lipinski definition) is 2. The average molecular weight is 342 g/mol. The topological polar surface area (TPSA) is 45.7 Å². The summed E-state index contributed by atoms with van der Waals surface area (Å²) < 4.78 is 18.7. The zero-order chi connectivity index (χ0) is 16.5. The largest absolute Gasteiger partial charge is 0.381 e. The van der Waals surface area contributed by atoms with Crippen molar-refractivity contribution in [2.45, 2.75) is 32.7 Å². The minimum Gasteiger partial charge on any atom is -0.381 e. The first-order valence-electron chi connectivity index (χ1n) is 8.23. The predicted octanol–water partition coefficient (Wildman–Crippen LogP) is 3.35. The summed E-state index contributed by atoms with van der Waals surface area (Å²) in [6, 6.07) is 4.67. The van der Waals surface area contributed by atoms with Gasteiger partial charge in [-0.05, 0) is 49.8 Å². The molecule has 0 saturated heterocycles. The Balaban J connectivity index is 1.71. The van der Waals surface area contributed by atoms with E-state index < -0.39 is 5.82 Å². The molecule has 2 rings (SSSR count). The van der Waals surface area contributed by atoms with Gasteiger partial charge in [-0.15, -0.1) is 0 Å². The zero-order valence-electron chi connectivity index (χ0n) is 13.6. The Bertz CT molecular complexity index is 521. The van der Waals surface area contributed by atoms with E-state index in [1.54, 1.807) is 12.1 Å². The van der Waals surface area contributed by atoms with Gasteiger partial charge >= 0.3 is 0 Å². The van der Waals surface area contributed by atoms with Crippen LogP contribution in [0.4, 0.5) is 4.39 Å². The number of nitrogens with zero attached hydrogens (tertiary/aromatic N) is 1. The van der Waals surface area contributed by atoms with Crippen molar-refractivity contribution in [2.75, 3.05) is 26.3 Å². The van der Waals surface area contributed by atoms with E-state index in [2.05, 4.69) is 15.6 Å². The normalized spacial score (nSPS) is 14.8. The number of nitrogens with one attached hydrogen (secondary N) is 2. The molecular formula is C17H25ClFN3O. The molecular weight excluding hydrogens is 317 g/mol. The SMILES string of the molecule is CCNC(=NCc1ccc(F)c(Cl)c1)NCCCOCC1CC1. The van der Waals surface area contributed by atoms with Gasteiger partial charge in [-0.1, -0.05) is 17.7 Å². The van der Waals surface area contributed by atoms with Crippen LogP contribution >= 0.6 is 11.6 Å². The van der Waals surface area contributed by atoms with E-state index in [0.29, 0.717) is 6.54 Å². The van der Waals surface area contributed by atoms with Crippen molar-refractivity contribution in [1.82, 2.24) is 10.6 Å². The molecule has 0 heterocycles. The van der Waals surface area contributed by atoms with Crippen LogP contribution in [0.5, 0.6) is 0 Å². The Morgan fingerprint density at radius 1 is 1.39 bits per heavy atom. The molecule has 1 aliphatic rings. The quantitative estimate of drug-likeness (QED) is 0.411. The van der Waals surface area contributed by atoms with Crippen LogP contribution in [0.25, 0.3) is 0 Å². The van der Waals surface area contributed by atoms with Crippen molar-refractivity contribution in [1.29, 1.82) is 0 Å². The number of guanidine groups is 1. The summed E-state index contributed by atoms with van der Waals surface area (Å²) in [5.41, 5.74) is 0.876. The van der Waals surface area contributed by atoms with Crippen molar-refractivity contribution in [3.63, 3.8) is 0 Å². The Labute approximate surface area is 142 Å². The van der Waals surface area contributed by atoms with Crippen LogP contribution in [0.3, 0.4) is 0 Å². The molecule has 23 heavy (non-hydrogen) atoms. The lowest BCUT2D eigenvalue weighted by Gasteiger charge is -2.11. The first-order chi connectivity index (χ1) is 11.2. The second kappa shape index (κ2) is 9.73. The van der Waals surface area contributed by atoms with Crippen LogP contribution in [-0.2, 0) is 11.3 Å². The fourth-order valence-electron chi connectivity index (χ4n) is 2.07. The van der Waals surface area contributed by atoms with Gasteiger partial charge in [0, 0.05) is 26.3 Å². The number of ether oxygens (including phenoxy) is 1. The van der Waals surface area contributed by atoms with Crippen LogP contribution in [0, 0.1) is 11.7 Å². The van der Waals surface area contributed by atoms with E-state index >= 15 is 0 Å². The first kappa shape index (κ1) is 18.0. The maximum absolute atomic E-state index is 13.1. The highest BCUT2D eigenvalue weighted by atomic mass is 35.5. The average Bonchev–Trinajstić information content (AvgIpc) is 3.35. The molecule has 1 fully saturated rings. The van der Waals surface area contributed by atoms with Crippen molar-refractivity contribution >= 4 is 17.6 Å². The molecule has 4 nitrogen and oxygen atoms in total. The van der Waals surface area contributed by atoms with Crippen molar-refractivity contribution < 1.29 is 9.13 Å². The Morgan fingerprint density at radius 2 is 2.22 bits per heavy atom. The molecule has 0 bridgehead atoms. The summed E-state index contributed by atoms with van der Waals surface area (Å²) in [4.78, 5) is 4.48. The highest BCUT2D eigenvalue weighted by Gasteiger charge is 2.20. The van der Waals surface area contributed by atoms with Gasteiger partial charge in [0.1, 0.15) is 5.82 Å².